The van der Waals surface area contributed by atoms with Crippen LogP contribution in [0.4, 0.5) is 8.78 Å². The number of nitrogens with zero attached hydrogens (tertiary/aromatic N) is 2. The first-order chi connectivity index (χ1) is 18.7. The van der Waals surface area contributed by atoms with E-state index in [0.29, 0.717) is 27.9 Å². The lowest BCUT2D eigenvalue weighted by Gasteiger charge is -2.16. The van der Waals surface area contributed by atoms with E-state index in [2.05, 4.69) is 4.98 Å². The maximum Gasteiger partial charge on any atom is 0.267 e. The molecule has 1 aliphatic carbocycles. The van der Waals surface area contributed by atoms with Crippen LogP contribution in [0, 0.1) is 11.6 Å². The highest BCUT2D eigenvalue weighted by Gasteiger charge is 2.27. The van der Waals surface area contributed by atoms with Gasteiger partial charge in [0.05, 0.1) is 16.8 Å². The highest BCUT2D eigenvalue weighted by atomic mass is 32.2. The second-order valence-corrected chi connectivity index (χ2v) is 12.5. The fourth-order valence-corrected chi connectivity index (χ4v) is 7.26. The number of hydrogen-bond acceptors (Lipinski definition) is 7. The predicted octanol–water partition coefficient (Wildman–Crippen LogP) is 5.35. The van der Waals surface area contributed by atoms with Gasteiger partial charge in [0, 0.05) is 11.5 Å². The molecule has 1 N–H and O–H groups in total. The maximum absolute atomic E-state index is 14.0. The van der Waals surface area contributed by atoms with Crippen LogP contribution in [0.25, 0.3) is 26.7 Å². The van der Waals surface area contributed by atoms with Gasteiger partial charge in [0.1, 0.15) is 21.4 Å². The number of rotatable bonds is 7. The number of thioether (sulfide) groups is 1. The van der Waals surface area contributed by atoms with E-state index in [4.69, 9.17) is 0 Å². The molecule has 1 saturated carbocycles. The summed E-state index contributed by atoms with van der Waals surface area (Å²) >= 11 is 2.16. The molecule has 3 aromatic carbocycles. The molecule has 12 heteroatoms. The summed E-state index contributed by atoms with van der Waals surface area (Å²) in [6.45, 7) is 0. The van der Waals surface area contributed by atoms with Gasteiger partial charge < -0.3 is 0 Å². The fraction of sp³-hybridized carbons (Fsp3) is 0.148. The molecule has 1 fully saturated rings. The van der Waals surface area contributed by atoms with E-state index >= 15 is 0 Å². The minimum Gasteiger partial charge on any atom is -0.273 e. The van der Waals surface area contributed by atoms with Crippen LogP contribution in [0.2, 0.25) is 0 Å². The van der Waals surface area contributed by atoms with Crippen molar-refractivity contribution in [2.45, 2.75) is 28.8 Å². The highest BCUT2D eigenvalue weighted by molar-refractivity contribution is 8.00. The monoisotopic (exact) mass is 583 g/mol. The van der Waals surface area contributed by atoms with Gasteiger partial charge in [-0.15, -0.1) is 11.3 Å². The number of nitrogens with one attached hydrogen (secondary N) is 1. The van der Waals surface area contributed by atoms with Gasteiger partial charge >= 0.3 is 0 Å². The molecule has 0 radical (unpaired) electrons. The SMILES string of the molecule is O=C(CSc1nc2sccc2c(=O)n1-c1ccc(C2CC2)c2ccccc12)NS(=O)(=O)c1ccc(F)cc1F. The number of thiophene rings is 1. The number of aromatic nitrogens is 2. The zero-order valence-corrected chi connectivity index (χ0v) is 22.5. The van der Waals surface area contributed by atoms with Crippen molar-refractivity contribution in [3.05, 3.63) is 93.6 Å². The lowest BCUT2D eigenvalue weighted by atomic mass is 9.99. The highest BCUT2D eigenvalue weighted by Crippen LogP contribution is 2.44. The molecule has 0 unspecified atom stereocenters. The summed E-state index contributed by atoms with van der Waals surface area (Å²) in [4.78, 5) is 30.6. The third-order valence-electron chi connectivity index (χ3n) is 6.42. The molecule has 5 aromatic rings. The molecule has 6 rings (SSSR count). The summed E-state index contributed by atoms with van der Waals surface area (Å²) in [5.74, 6) is -3.15. The average Bonchev–Trinajstić information content (AvgIpc) is 3.63. The van der Waals surface area contributed by atoms with Crippen molar-refractivity contribution in [2.24, 2.45) is 0 Å². The number of sulfonamides is 1. The van der Waals surface area contributed by atoms with E-state index in [1.807, 2.05) is 36.4 Å². The number of benzene rings is 3. The number of carbonyl (C=O) groups excluding carboxylic acids is 1. The Morgan fingerprint density at radius 3 is 2.56 bits per heavy atom. The zero-order valence-electron chi connectivity index (χ0n) is 20.1. The summed E-state index contributed by atoms with van der Waals surface area (Å²) in [6, 6.07) is 15.3. The van der Waals surface area contributed by atoms with Crippen molar-refractivity contribution in [1.29, 1.82) is 0 Å². The Morgan fingerprint density at radius 1 is 1.05 bits per heavy atom. The van der Waals surface area contributed by atoms with Crippen molar-refractivity contribution in [1.82, 2.24) is 14.3 Å². The third-order valence-corrected chi connectivity index (χ3v) is 9.58. The van der Waals surface area contributed by atoms with E-state index in [9.17, 15) is 26.8 Å². The molecular formula is C27H19F2N3O4S3. The Bertz CT molecular complexity index is 1950. The molecule has 0 bridgehead atoms. The van der Waals surface area contributed by atoms with Gasteiger partial charge in [-0.25, -0.2) is 26.9 Å². The molecule has 1 amide bonds. The van der Waals surface area contributed by atoms with E-state index in [1.54, 1.807) is 16.2 Å². The lowest BCUT2D eigenvalue weighted by Crippen LogP contribution is -2.32. The summed E-state index contributed by atoms with van der Waals surface area (Å²) in [5, 5.41) is 4.29. The Balaban J connectivity index is 1.37. The van der Waals surface area contributed by atoms with Crippen molar-refractivity contribution < 1.29 is 22.0 Å². The van der Waals surface area contributed by atoms with Gasteiger partial charge in [0.2, 0.25) is 5.91 Å². The first-order valence-corrected chi connectivity index (χ1v) is 15.2. The molecule has 0 saturated heterocycles. The van der Waals surface area contributed by atoms with Crippen molar-refractivity contribution in [3.8, 4) is 5.69 Å². The van der Waals surface area contributed by atoms with E-state index in [1.165, 1.54) is 21.5 Å². The Morgan fingerprint density at radius 2 is 1.82 bits per heavy atom. The van der Waals surface area contributed by atoms with Crippen molar-refractivity contribution >= 4 is 60.0 Å². The first-order valence-electron chi connectivity index (χ1n) is 11.9. The van der Waals surface area contributed by atoms with Gasteiger partial charge in [0.15, 0.2) is 5.16 Å². The van der Waals surface area contributed by atoms with Crippen LogP contribution in [-0.2, 0) is 14.8 Å². The average molecular weight is 584 g/mol. The zero-order chi connectivity index (χ0) is 27.3. The van der Waals surface area contributed by atoms with E-state index in [0.717, 1.165) is 47.5 Å². The fourth-order valence-electron chi connectivity index (χ4n) is 4.51. The molecular weight excluding hydrogens is 565 g/mol. The van der Waals surface area contributed by atoms with Crippen LogP contribution < -0.4 is 10.3 Å². The summed E-state index contributed by atoms with van der Waals surface area (Å²) < 4.78 is 55.6. The number of hydrogen-bond donors (Lipinski definition) is 1. The number of fused-ring (bicyclic) bond motifs is 2. The summed E-state index contributed by atoms with van der Waals surface area (Å²) in [5.41, 5.74) is 1.51. The second-order valence-electron chi connectivity index (χ2n) is 9.06. The van der Waals surface area contributed by atoms with Gasteiger partial charge in [-0.2, -0.15) is 0 Å². The van der Waals surface area contributed by atoms with Gasteiger partial charge in [-0.05, 0) is 59.4 Å². The molecule has 0 aliphatic heterocycles. The molecule has 2 aromatic heterocycles. The van der Waals surface area contributed by atoms with E-state index < -0.39 is 38.2 Å². The largest absolute Gasteiger partial charge is 0.273 e. The number of carbonyl (C=O) groups is 1. The molecule has 39 heavy (non-hydrogen) atoms. The maximum atomic E-state index is 14.0. The topological polar surface area (TPSA) is 98.1 Å². The standard InChI is InChI=1S/C27H19F2N3O4S3/c28-16-7-10-23(21(29)13-16)39(35,36)31-24(33)14-38-27-30-25-20(11-12-37-25)26(34)32(27)22-9-8-17(15-5-6-15)18-3-1-2-4-19(18)22/h1-4,7-13,15H,5-6,14H2,(H,31,33). The summed E-state index contributed by atoms with van der Waals surface area (Å²) in [6.07, 6.45) is 2.24. The molecule has 2 heterocycles. The lowest BCUT2D eigenvalue weighted by molar-refractivity contribution is -0.116. The summed E-state index contributed by atoms with van der Waals surface area (Å²) in [7, 11) is -4.58. The third kappa shape index (κ3) is 4.83. The van der Waals surface area contributed by atoms with Crippen LogP contribution in [-0.4, -0.2) is 29.6 Å². The van der Waals surface area contributed by atoms with Crippen LogP contribution >= 0.6 is 23.1 Å². The molecule has 7 nitrogen and oxygen atoms in total. The first kappa shape index (κ1) is 25.7. The quantitative estimate of drug-likeness (QED) is 0.205. The molecule has 0 atom stereocenters. The number of halogens is 2. The second kappa shape index (κ2) is 9.85. The van der Waals surface area contributed by atoms with Crippen LogP contribution in [0.5, 0.6) is 0 Å². The smallest absolute Gasteiger partial charge is 0.267 e. The van der Waals surface area contributed by atoms with Crippen LogP contribution in [0.1, 0.15) is 24.3 Å². The molecule has 198 valence electrons. The van der Waals surface area contributed by atoms with E-state index in [-0.39, 0.29) is 10.7 Å². The Hall–Kier alpha value is -3.61. The normalized spacial score (nSPS) is 13.7. The number of amides is 1. The van der Waals surface area contributed by atoms with Crippen molar-refractivity contribution in [3.63, 3.8) is 0 Å². The Kier molecular flexibility index (Phi) is 6.48. The van der Waals surface area contributed by atoms with Gasteiger partial charge in [0.25, 0.3) is 15.6 Å². The van der Waals surface area contributed by atoms with Gasteiger partial charge in [-0.3, -0.25) is 14.2 Å². The minimum atomic E-state index is -4.58. The Labute approximate surface area is 229 Å². The van der Waals surface area contributed by atoms with Crippen molar-refractivity contribution in [2.75, 3.05) is 5.75 Å². The van der Waals surface area contributed by atoms with Gasteiger partial charge in [-0.1, -0.05) is 42.1 Å². The molecule has 1 aliphatic rings. The predicted molar refractivity (Wildman–Crippen MR) is 147 cm³/mol. The van der Waals surface area contributed by atoms with Crippen LogP contribution in [0.15, 0.2) is 80.9 Å². The minimum absolute atomic E-state index is 0.208. The van der Waals surface area contributed by atoms with Crippen LogP contribution in [0.3, 0.4) is 0 Å². The molecule has 0 spiro atoms.